The van der Waals surface area contributed by atoms with Gasteiger partial charge in [0.05, 0.1) is 0 Å². The molecular weight excluding hydrogens is 543 g/mol. The number of allylic oxidation sites excluding steroid dienone is 8. The van der Waals surface area contributed by atoms with Gasteiger partial charge in [0.1, 0.15) is 0 Å². The summed E-state index contributed by atoms with van der Waals surface area (Å²) in [6.07, 6.45) is 21.6. The maximum absolute atomic E-state index is 6.75. The Morgan fingerprint density at radius 1 is 0.853 bits per heavy atom. The van der Waals surface area contributed by atoms with Crippen LogP contribution in [-0.2, 0) is 26.2 Å². The smallest absolute Gasteiger partial charge is 0.274 e. The molecule has 2 aromatic rings. The van der Waals surface area contributed by atoms with Gasteiger partial charge in [-0.2, -0.15) is 96.0 Å². The maximum Gasteiger partial charge on any atom is 4.00 e. The molecule has 0 fully saturated rings. The molecule has 0 amide bonds. The van der Waals surface area contributed by atoms with E-state index in [2.05, 4.69) is 75.6 Å². The summed E-state index contributed by atoms with van der Waals surface area (Å²) < 4.78 is 0. The minimum absolute atomic E-state index is 0. The van der Waals surface area contributed by atoms with Crippen LogP contribution in [0.3, 0.4) is 0 Å². The van der Waals surface area contributed by atoms with E-state index in [1.165, 1.54) is 18.0 Å². The average molecular weight is 582 g/mol. The third-order valence-corrected chi connectivity index (χ3v) is 16.8. The Kier molecular flexibility index (Phi) is 18.7. The van der Waals surface area contributed by atoms with Gasteiger partial charge in [0, 0.05) is 8.07 Å². The standard InChI is InChI=1S/C13H24ClSi2.2C6H5.C5H5.Zr/c1-6-9-13(16(4,5)14)15(2,3)12-10-7-8-11-12;2*1-2-4-6-5-3-1;1-2-4-5-3-1;/h7,10,13H,6,8-9H2,1-5H3;2*1-5H;1-3H,4H2;/q4*-1;+4. The molecule has 4 heteroatoms. The Labute approximate surface area is 235 Å². The van der Waals surface area contributed by atoms with Crippen molar-refractivity contribution in [2.75, 3.05) is 0 Å². The van der Waals surface area contributed by atoms with Crippen molar-refractivity contribution in [2.45, 2.75) is 64.0 Å². The number of hydrogen-bond acceptors (Lipinski definition) is 0. The van der Waals surface area contributed by atoms with E-state index in [4.69, 9.17) is 11.1 Å². The third kappa shape index (κ3) is 14.4. The van der Waals surface area contributed by atoms with E-state index in [1.807, 2.05) is 72.8 Å². The summed E-state index contributed by atoms with van der Waals surface area (Å²) in [5.74, 6) is 0. The Morgan fingerprint density at radius 2 is 1.41 bits per heavy atom. The molecule has 0 bridgehead atoms. The minimum atomic E-state index is -1.57. The zero-order chi connectivity index (χ0) is 24.4. The molecule has 0 radical (unpaired) electrons. The van der Waals surface area contributed by atoms with Gasteiger partial charge in [-0.25, -0.2) is 23.4 Å². The van der Waals surface area contributed by atoms with Crippen LogP contribution in [-0.4, -0.2) is 15.5 Å². The summed E-state index contributed by atoms with van der Waals surface area (Å²) in [7, 11) is -2.98. The van der Waals surface area contributed by atoms with Crippen molar-refractivity contribution >= 4 is 26.5 Å². The summed E-state index contributed by atoms with van der Waals surface area (Å²) >= 11 is 6.75. The molecule has 0 saturated heterocycles. The first-order valence-corrected chi connectivity index (χ1v) is 19.0. The number of benzene rings is 2. The van der Waals surface area contributed by atoms with Crippen molar-refractivity contribution in [3.63, 3.8) is 0 Å². The van der Waals surface area contributed by atoms with E-state index in [9.17, 15) is 0 Å². The third-order valence-electron chi connectivity index (χ3n) is 5.47. The van der Waals surface area contributed by atoms with E-state index in [0.717, 1.165) is 18.0 Å². The van der Waals surface area contributed by atoms with Crippen molar-refractivity contribution in [3.05, 3.63) is 121 Å². The predicted molar refractivity (Wildman–Crippen MR) is 152 cm³/mol. The Bertz CT molecular complexity index is 755. The van der Waals surface area contributed by atoms with E-state index in [1.54, 1.807) is 0 Å². The van der Waals surface area contributed by atoms with Crippen LogP contribution < -0.4 is 0 Å². The van der Waals surface area contributed by atoms with Gasteiger partial charge < -0.3 is 0 Å². The van der Waals surface area contributed by atoms with Crippen molar-refractivity contribution in [3.8, 4) is 0 Å². The Balaban J connectivity index is 0.000000492. The number of hydrogen-bond donors (Lipinski definition) is 0. The summed E-state index contributed by atoms with van der Waals surface area (Å²) in [6, 6.07) is 25.0. The SMILES string of the molecule is CCCC([Si](C)(C)Cl)[Si](C)(C)C1=[C-]CC=C1.[C-]1=CC=CC1.[Zr+4].[c-]1ccccc1.[c-]1ccccc1. The minimum Gasteiger partial charge on any atom is -0.274 e. The molecule has 0 aliphatic heterocycles. The topological polar surface area (TPSA) is 0 Å². The van der Waals surface area contributed by atoms with Crippen LogP contribution in [0.1, 0.15) is 32.6 Å². The van der Waals surface area contributed by atoms with Gasteiger partial charge >= 0.3 is 26.2 Å². The van der Waals surface area contributed by atoms with E-state index in [-0.39, 0.29) is 26.2 Å². The van der Waals surface area contributed by atoms with Crippen LogP contribution in [0.2, 0.25) is 31.4 Å². The zero-order valence-electron chi connectivity index (χ0n) is 21.4. The largest absolute Gasteiger partial charge is 4.00 e. The van der Waals surface area contributed by atoms with Crippen molar-refractivity contribution in [2.24, 2.45) is 0 Å². The molecule has 0 spiro atoms. The summed E-state index contributed by atoms with van der Waals surface area (Å²) in [5.41, 5.74) is 0. The molecular formula is C30H39ClSi2Zr. The molecule has 1 atom stereocenters. The normalized spacial score (nSPS) is 14.2. The average Bonchev–Trinajstić information content (AvgIpc) is 3.57. The fourth-order valence-electron chi connectivity index (χ4n) is 3.91. The molecule has 1 unspecified atom stereocenters. The van der Waals surface area contributed by atoms with Crippen molar-refractivity contribution < 1.29 is 26.2 Å². The Hall–Kier alpha value is -0.993. The monoisotopic (exact) mass is 580 g/mol. The molecule has 0 heterocycles. The van der Waals surface area contributed by atoms with E-state index in [0.29, 0.717) is 0 Å². The van der Waals surface area contributed by atoms with Gasteiger partial charge in [-0.15, -0.1) is 12.8 Å². The molecule has 178 valence electrons. The van der Waals surface area contributed by atoms with Crippen molar-refractivity contribution in [1.29, 1.82) is 0 Å². The molecule has 0 aromatic heterocycles. The van der Waals surface area contributed by atoms with Gasteiger partial charge in [-0.05, 0) is 5.16 Å². The van der Waals surface area contributed by atoms with Crippen LogP contribution in [0, 0.1) is 24.3 Å². The molecule has 0 N–H and O–H groups in total. The second kappa shape index (κ2) is 19.2. The maximum atomic E-state index is 6.75. The second-order valence-electron chi connectivity index (χ2n) is 8.98. The molecule has 0 saturated carbocycles. The fraction of sp³-hybridized carbons (Fsp3) is 0.333. The molecule has 2 aliphatic rings. The molecule has 34 heavy (non-hydrogen) atoms. The fourth-order valence-corrected chi connectivity index (χ4v) is 17.5. The molecule has 0 nitrogen and oxygen atoms in total. The van der Waals surface area contributed by atoms with Crippen molar-refractivity contribution in [1.82, 2.24) is 0 Å². The van der Waals surface area contributed by atoms with Crippen LogP contribution >= 0.6 is 11.1 Å². The van der Waals surface area contributed by atoms with E-state index < -0.39 is 15.5 Å². The molecule has 4 rings (SSSR count). The van der Waals surface area contributed by atoms with Gasteiger partial charge in [0.25, 0.3) is 0 Å². The van der Waals surface area contributed by atoms with Crippen LogP contribution in [0.4, 0.5) is 0 Å². The molecule has 2 aliphatic carbocycles. The zero-order valence-corrected chi connectivity index (χ0v) is 26.7. The second-order valence-corrected chi connectivity index (χ2v) is 21.0. The van der Waals surface area contributed by atoms with Crippen LogP contribution in [0.5, 0.6) is 0 Å². The van der Waals surface area contributed by atoms with E-state index >= 15 is 0 Å². The predicted octanol–water partition coefficient (Wildman–Crippen LogP) is 9.35. The Morgan fingerprint density at radius 3 is 1.65 bits per heavy atom. The first-order chi connectivity index (χ1) is 15.8. The number of halogens is 1. The van der Waals surface area contributed by atoms with Gasteiger partial charge in [0.15, 0.2) is 7.38 Å². The number of rotatable bonds is 5. The van der Waals surface area contributed by atoms with Crippen LogP contribution in [0.25, 0.3) is 0 Å². The quantitative estimate of drug-likeness (QED) is 0.187. The summed E-state index contributed by atoms with van der Waals surface area (Å²) in [4.78, 5) is 0. The molecule has 2 aromatic carbocycles. The van der Waals surface area contributed by atoms with Gasteiger partial charge in [-0.3, -0.25) is 12.2 Å². The summed E-state index contributed by atoms with van der Waals surface area (Å²) in [6.45, 7) is 11.8. The first-order valence-electron chi connectivity index (χ1n) is 11.8. The van der Waals surface area contributed by atoms with Gasteiger partial charge in [-0.1, -0.05) is 46.0 Å². The van der Waals surface area contributed by atoms with Crippen LogP contribution in [0.15, 0.2) is 96.2 Å². The van der Waals surface area contributed by atoms with Gasteiger partial charge in [0.2, 0.25) is 0 Å². The first kappa shape index (κ1) is 33.0. The summed E-state index contributed by atoms with van der Waals surface area (Å²) in [5, 5.41) is 2.27.